The molecule has 0 rings (SSSR count). The van der Waals surface area contributed by atoms with Crippen molar-refractivity contribution in [2.24, 2.45) is 0 Å². The molecule has 7 nitrogen and oxygen atoms in total. The van der Waals surface area contributed by atoms with Crippen LogP contribution in [0.3, 0.4) is 0 Å². The highest BCUT2D eigenvalue weighted by atomic mass is 16.9. The molecule has 0 amide bonds. The summed E-state index contributed by atoms with van der Waals surface area (Å²) >= 11 is 0. The fraction of sp³-hybridized carbons (Fsp3) is 0.538. The maximum Gasteiger partial charge on any atom is 0.332 e. The van der Waals surface area contributed by atoms with Gasteiger partial charge in [0.05, 0.1) is 7.11 Å². The van der Waals surface area contributed by atoms with Gasteiger partial charge in [-0.2, -0.15) is 0 Å². The predicted molar refractivity (Wildman–Crippen MR) is 72.0 cm³/mol. The molecule has 0 fully saturated rings. The van der Waals surface area contributed by atoms with Crippen molar-refractivity contribution in [3.63, 3.8) is 0 Å². The van der Waals surface area contributed by atoms with Crippen molar-refractivity contribution >= 4 is 11.9 Å². The summed E-state index contributed by atoms with van der Waals surface area (Å²) in [6.07, 6.45) is 1.25. The molecule has 0 aromatic carbocycles. The second-order valence-electron chi connectivity index (χ2n) is 3.62. The quantitative estimate of drug-likeness (QED) is 0.448. The van der Waals surface area contributed by atoms with Gasteiger partial charge in [-0.15, -0.1) is 0 Å². The number of carboxylic acids is 1. The van der Waals surface area contributed by atoms with Gasteiger partial charge in [0.25, 0.3) is 0 Å². The Morgan fingerprint density at radius 1 is 1.05 bits per heavy atom. The first-order valence-corrected chi connectivity index (χ1v) is 5.51. The molecule has 0 radical (unpaired) electrons. The summed E-state index contributed by atoms with van der Waals surface area (Å²) in [7, 11) is 5.41. The fourth-order valence-electron chi connectivity index (χ4n) is 0.928. The molecular weight excluding hydrogens is 268 g/mol. The van der Waals surface area contributed by atoms with E-state index in [2.05, 4.69) is 11.3 Å². The maximum absolute atomic E-state index is 10.5. The van der Waals surface area contributed by atoms with Crippen LogP contribution < -0.4 is 0 Å². The molecule has 0 aliphatic carbocycles. The van der Waals surface area contributed by atoms with Gasteiger partial charge in [0.2, 0.25) is 0 Å². The van der Waals surface area contributed by atoms with Crippen LogP contribution >= 0.6 is 0 Å². The van der Waals surface area contributed by atoms with Crippen molar-refractivity contribution in [2.75, 3.05) is 28.4 Å². The number of hydrogen-bond donors (Lipinski definition) is 1. The van der Waals surface area contributed by atoms with Gasteiger partial charge in [0.15, 0.2) is 0 Å². The smallest absolute Gasteiger partial charge is 0.332 e. The first kappa shape index (κ1) is 20.6. The fourth-order valence-corrected chi connectivity index (χ4v) is 0.928. The zero-order chi connectivity index (χ0) is 16.3. The number of carbonyl (C=O) groups is 2. The van der Waals surface area contributed by atoms with E-state index in [-0.39, 0.29) is 11.5 Å². The van der Waals surface area contributed by atoms with Gasteiger partial charge in [0, 0.05) is 38.6 Å². The van der Waals surface area contributed by atoms with Gasteiger partial charge in [-0.05, 0) is 13.8 Å². The standard InChI is InChI=1S/C8H14O5.C5H8O2/c1-6(7(9)10)5-8(11-2,12-3)13-4;1-4(2)5(6)7-3/h5H,1-4H3,(H,9,10);1H2,2-3H3. The molecule has 7 heteroatoms. The molecule has 116 valence electrons. The summed E-state index contributed by atoms with van der Waals surface area (Å²) in [4.78, 5) is 20.7. The summed E-state index contributed by atoms with van der Waals surface area (Å²) < 4.78 is 18.9. The minimum atomic E-state index is -1.41. The summed E-state index contributed by atoms with van der Waals surface area (Å²) in [5, 5.41) is 8.60. The van der Waals surface area contributed by atoms with E-state index in [4.69, 9.17) is 19.3 Å². The maximum atomic E-state index is 10.5. The number of hydrogen-bond acceptors (Lipinski definition) is 6. The average molecular weight is 290 g/mol. The summed E-state index contributed by atoms with van der Waals surface area (Å²) in [6, 6.07) is 0. The number of carboxylic acid groups (broad SMARTS) is 1. The molecule has 0 aliphatic heterocycles. The Morgan fingerprint density at radius 2 is 1.45 bits per heavy atom. The van der Waals surface area contributed by atoms with Gasteiger partial charge in [-0.25, -0.2) is 9.59 Å². The minimum absolute atomic E-state index is 0.0885. The molecule has 0 spiro atoms. The SMILES string of the molecule is C=C(C)C(=O)OC.COC(C=C(C)C(=O)O)(OC)OC. The van der Waals surface area contributed by atoms with Gasteiger partial charge < -0.3 is 24.1 Å². The highest BCUT2D eigenvalue weighted by Crippen LogP contribution is 2.16. The number of aliphatic carboxylic acids is 1. The van der Waals surface area contributed by atoms with E-state index in [0.29, 0.717) is 5.57 Å². The van der Waals surface area contributed by atoms with Crippen molar-refractivity contribution in [3.05, 3.63) is 23.8 Å². The lowest BCUT2D eigenvalue weighted by Gasteiger charge is -2.25. The van der Waals surface area contributed by atoms with Crippen LogP contribution in [0.4, 0.5) is 0 Å². The van der Waals surface area contributed by atoms with Crippen LogP contribution in [0.1, 0.15) is 13.8 Å². The summed E-state index contributed by atoms with van der Waals surface area (Å²) in [6.45, 7) is 6.38. The normalized spacial score (nSPS) is 11.2. The molecule has 0 aromatic heterocycles. The Morgan fingerprint density at radius 3 is 1.60 bits per heavy atom. The third-order valence-electron chi connectivity index (χ3n) is 2.12. The Balaban J connectivity index is 0. The van der Waals surface area contributed by atoms with Crippen molar-refractivity contribution < 1.29 is 33.6 Å². The van der Waals surface area contributed by atoms with Gasteiger partial charge in [0.1, 0.15) is 0 Å². The molecule has 0 unspecified atom stereocenters. The lowest BCUT2D eigenvalue weighted by Crippen LogP contribution is -2.34. The minimum Gasteiger partial charge on any atom is -0.478 e. The lowest BCUT2D eigenvalue weighted by molar-refractivity contribution is -0.319. The number of carbonyl (C=O) groups excluding carboxylic acids is 1. The number of rotatable bonds is 6. The van der Waals surface area contributed by atoms with Crippen LogP contribution in [0.15, 0.2) is 23.8 Å². The molecular formula is C13H22O7. The molecule has 0 saturated heterocycles. The monoisotopic (exact) mass is 290 g/mol. The zero-order valence-electron chi connectivity index (χ0n) is 12.7. The predicted octanol–water partition coefficient (Wildman–Crippen LogP) is 1.35. The topological polar surface area (TPSA) is 91.3 Å². The Bertz CT molecular complexity index is 359. The number of methoxy groups -OCH3 is 4. The highest BCUT2D eigenvalue weighted by Gasteiger charge is 2.27. The van der Waals surface area contributed by atoms with E-state index >= 15 is 0 Å². The third kappa shape index (κ3) is 7.67. The van der Waals surface area contributed by atoms with E-state index in [9.17, 15) is 9.59 Å². The van der Waals surface area contributed by atoms with Gasteiger partial charge in [-0.1, -0.05) is 6.58 Å². The number of ether oxygens (including phenoxy) is 4. The molecule has 1 N–H and O–H groups in total. The van der Waals surface area contributed by atoms with E-state index in [1.165, 1.54) is 41.4 Å². The zero-order valence-corrected chi connectivity index (χ0v) is 12.7. The summed E-state index contributed by atoms with van der Waals surface area (Å²) in [5.74, 6) is -2.81. The van der Waals surface area contributed by atoms with Crippen molar-refractivity contribution in [2.45, 2.75) is 19.8 Å². The Hall–Kier alpha value is -1.70. The van der Waals surface area contributed by atoms with Crippen molar-refractivity contribution in [1.82, 2.24) is 0 Å². The van der Waals surface area contributed by atoms with E-state index < -0.39 is 11.9 Å². The van der Waals surface area contributed by atoms with Crippen LogP contribution in [0.5, 0.6) is 0 Å². The second-order valence-corrected chi connectivity index (χ2v) is 3.62. The molecule has 0 aliphatic rings. The van der Waals surface area contributed by atoms with Crippen LogP contribution in [-0.2, 0) is 28.5 Å². The molecule has 0 heterocycles. The Labute approximate surface area is 118 Å². The molecule has 20 heavy (non-hydrogen) atoms. The van der Waals surface area contributed by atoms with Crippen LogP contribution in [0.2, 0.25) is 0 Å². The highest BCUT2D eigenvalue weighted by molar-refractivity contribution is 5.86. The molecule has 0 bridgehead atoms. The first-order chi connectivity index (χ1) is 9.19. The molecule has 0 saturated carbocycles. The lowest BCUT2D eigenvalue weighted by atomic mass is 10.2. The number of esters is 1. The van der Waals surface area contributed by atoms with Gasteiger partial charge >= 0.3 is 17.9 Å². The van der Waals surface area contributed by atoms with E-state index in [1.54, 1.807) is 6.92 Å². The van der Waals surface area contributed by atoms with E-state index in [1.807, 2.05) is 0 Å². The van der Waals surface area contributed by atoms with Crippen LogP contribution in [-0.4, -0.2) is 51.5 Å². The second kappa shape index (κ2) is 10.1. The molecule has 0 atom stereocenters. The van der Waals surface area contributed by atoms with Gasteiger partial charge in [-0.3, -0.25) is 0 Å². The third-order valence-corrected chi connectivity index (χ3v) is 2.12. The average Bonchev–Trinajstić information content (AvgIpc) is 2.44. The first-order valence-electron chi connectivity index (χ1n) is 5.51. The largest absolute Gasteiger partial charge is 0.478 e. The summed E-state index contributed by atoms with van der Waals surface area (Å²) in [5.41, 5.74) is 0.521. The molecule has 0 aromatic rings. The van der Waals surface area contributed by atoms with Crippen molar-refractivity contribution in [1.29, 1.82) is 0 Å². The van der Waals surface area contributed by atoms with E-state index in [0.717, 1.165) is 0 Å². The van der Waals surface area contributed by atoms with Crippen LogP contribution in [0, 0.1) is 0 Å². The Kier molecular flexibility index (Phi) is 10.4. The van der Waals surface area contributed by atoms with Crippen LogP contribution in [0.25, 0.3) is 0 Å². The van der Waals surface area contributed by atoms with Crippen molar-refractivity contribution in [3.8, 4) is 0 Å².